The zero-order chi connectivity index (χ0) is 21.0. The smallest absolute Gasteiger partial charge is 0.258 e. The summed E-state index contributed by atoms with van der Waals surface area (Å²) in [6.45, 7) is 11.6. The molecule has 0 spiro atoms. The molecule has 7 heteroatoms. The molecule has 1 amide bonds. The summed E-state index contributed by atoms with van der Waals surface area (Å²) in [6.07, 6.45) is 1.96. The van der Waals surface area contributed by atoms with Crippen molar-refractivity contribution in [2.45, 2.75) is 38.6 Å². The fourth-order valence-electron chi connectivity index (χ4n) is 3.52. The molecule has 3 rings (SSSR count). The van der Waals surface area contributed by atoms with Gasteiger partial charge in [0.25, 0.3) is 5.91 Å². The monoisotopic (exact) mass is 414 g/mol. The van der Waals surface area contributed by atoms with Gasteiger partial charge in [0.05, 0.1) is 23.6 Å². The van der Waals surface area contributed by atoms with Crippen molar-refractivity contribution in [1.82, 2.24) is 14.9 Å². The van der Waals surface area contributed by atoms with Crippen molar-refractivity contribution >= 4 is 23.4 Å². The van der Waals surface area contributed by atoms with E-state index in [9.17, 15) is 4.79 Å². The van der Waals surface area contributed by atoms with Crippen LogP contribution in [0, 0.1) is 6.92 Å². The molecule has 1 aromatic heterocycles. The normalized spacial score (nSPS) is 14.4. The number of para-hydroxylation sites is 2. The molecular weight excluding hydrogens is 384 g/mol. The highest BCUT2D eigenvalue weighted by Gasteiger charge is 2.28. The first-order chi connectivity index (χ1) is 14.0. The lowest BCUT2D eigenvalue weighted by molar-refractivity contribution is 0.0740. The third-order valence-corrected chi connectivity index (χ3v) is 5.75. The zero-order valence-electron chi connectivity index (χ0n) is 17.9. The van der Waals surface area contributed by atoms with Crippen LogP contribution in [0.2, 0.25) is 0 Å². The number of hydrogen-bond donors (Lipinski definition) is 0. The van der Waals surface area contributed by atoms with Gasteiger partial charge in [-0.3, -0.25) is 4.79 Å². The first-order valence-corrected chi connectivity index (χ1v) is 11.4. The van der Waals surface area contributed by atoms with Crippen molar-refractivity contribution in [2.24, 2.45) is 0 Å². The molecule has 1 fully saturated rings. The molecule has 0 radical (unpaired) electrons. The molecule has 29 heavy (non-hydrogen) atoms. The second-order valence-corrected chi connectivity index (χ2v) is 8.18. The molecule has 6 nitrogen and oxygen atoms in total. The molecule has 1 aliphatic rings. The van der Waals surface area contributed by atoms with Crippen LogP contribution in [0.3, 0.4) is 0 Å². The molecular formula is C22H30N4O2S. The molecule has 0 N–H and O–H groups in total. The van der Waals surface area contributed by atoms with Crippen LogP contribution in [-0.2, 0) is 0 Å². The van der Waals surface area contributed by atoms with E-state index in [1.165, 1.54) is 11.8 Å². The van der Waals surface area contributed by atoms with Crippen molar-refractivity contribution in [3.63, 3.8) is 0 Å². The lowest BCUT2D eigenvalue weighted by Gasteiger charge is -2.37. The van der Waals surface area contributed by atoms with Crippen LogP contribution in [0.1, 0.15) is 48.6 Å². The number of amides is 1. The zero-order valence-corrected chi connectivity index (χ0v) is 18.8. The standard InChI is InChI=1S/C22H30N4O2S/c1-6-28-18-10-8-7-9-17(18)25-11-13-26(14-12-25)22(27)19-16(4)23-20(15(2)3)24-21(19)29-5/h7-10,15H,6,11-14H2,1-5H3. The molecule has 1 aromatic carbocycles. The number of nitrogens with zero attached hydrogens (tertiary/aromatic N) is 4. The molecule has 0 aliphatic carbocycles. The van der Waals surface area contributed by atoms with E-state index in [1.54, 1.807) is 0 Å². The van der Waals surface area contributed by atoms with Crippen LogP contribution in [0.15, 0.2) is 29.3 Å². The second kappa shape index (κ2) is 9.48. The number of carbonyl (C=O) groups is 1. The van der Waals surface area contributed by atoms with E-state index >= 15 is 0 Å². The Morgan fingerprint density at radius 1 is 1.17 bits per heavy atom. The summed E-state index contributed by atoms with van der Waals surface area (Å²) in [4.78, 5) is 26.7. The van der Waals surface area contributed by atoms with Gasteiger partial charge in [-0.05, 0) is 32.2 Å². The second-order valence-electron chi connectivity index (χ2n) is 7.39. The van der Waals surface area contributed by atoms with Gasteiger partial charge in [0.2, 0.25) is 0 Å². The Morgan fingerprint density at radius 2 is 1.86 bits per heavy atom. The maximum Gasteiger partial charge on any atom is 0.258 e. The Balaban J connectivity index is 1.76. The van der Waals surface area contributed by atoms with Gasteiger partial charge in [0.15, 0.2) is 0 Å². The fourth-order valence-corrected chi connectivity index (χ4v) is 4.15. The minimum atomic E-state index is 0.0277. The maximum atomic E-state index is 13.3. The summed E-state index contributed by atoms with van der Waals surface area (Å²) in [7, 11) is 0. The highest BCUT2D eigenvalue weighted by molar-refractivity contribution is 7.98. The highest BCUT2D eigenvalue weighted by Crippen LogP contribution is 2.30. The molecule has 0 saturated carbocycles. The molecule has 0 unspecified atom stereocenters. The third-order valence-electron chi connectivity index (χ3n) is 5.07. The van der Waals surface area contributed by atoms with Gasteiger partial charge < -0.3 is 14.5 Å². The average Bonchev–Trinajstić information content (AvgIpc) is 2.73. The first kappa shape index (κ1) is 21.4. The summed E-state index contributed by atoms with van der Waals surface area (Å²) >= 11 is 1.51. The molecule has 0 bridgehead atoms. The number of anilines is 1. The van der Waals surface area contributed by atoms with Gasteiger partial charge in [0, 0.05) is 32.1 Å². The van der Waals surface area contributed by atoms with Gasteiger partial charge >= 0.3 is 0 Å². The Labute approximate surface area is 177 Å². The topological polar surface area (TPSA) is 58.6 Å². The summed E-state index contributed by atoms with van der Waals surface area (Å²) in [5, 5.41) is 0.773. The predicted molar refractivity (Wildman–Crippen MR) is 118 cm³/mol. The number of benzene rings is 1. The number of aromatic nitrogens is 2. The minimum absolute atomic E-state index is 0.0277. The van der Waals surface area contributed by atoms with E-state index in [0.717, 1.165) is 41.1 Å². The van der Waals surface area contributed by atoms with Crippen molar-refractivity contribution < 1.29 is 9.53 Å². The largest absolute Gasteiger partial charge is 0.492 e. The minimum Gasteiger partial charge on any atom is -0.492 e. The van der Waals surface area contributed by atoms with E-state index in [1.807, 2.05) is 43.2 Å². The van der Waals surface area contributed by atoms with Gasteiger partial charge in [-0.2, -0.15) is 0 Å². The third kappa shape index (κ3) is 4.66. The average molecular weight is 415 g/mol. The molecule has 156 valence electrons. The summed E-state index contributed by atoms with van der Waals surface area (Å²) < 4.78 is 5.77. The first-order valence-electron chi connectivity index (χ1n) is 10.1. The predicted octanol–water partition coefficient (Wildman–Crippen LogP) is 3.99. The Kier molecular flexibility index (Phi) is 7.00. The van der Waals surface area contributed by atoms with Gasteiger partial charge in [-0.1, -0.05) is 26.0 Å². The summed E-state index contributed by atoms with van der Waals surface area (Å²) in [5.41, 5.74) is 2.50. The number of aryl methyl sites for hydroxylation is 1. The SMILES string of the molecule is CCOc1ccccc1N1CCN(C(=O)c2c(C)nc(C(C)C)nc2SC)CC1. The maximum absolute atomic E-state index is 13.3. The van der Waals surface area contributed by atoms with E-state index in [-0.39, 0.29) is 11.8 Å². The van der Waals surface area contributed by atoms with E-state index in [0.29, 0.717) is 25.3 Å². The van der Waals surface area contributed by atoms with Crippen LogP contribution in [0.5, 0.6) is 5.75 Å². The summed E-state index contributed by atoms with van der Waals surface area (Å²) in [5.74, 6) is 1.95. The van der Waals surface area contributed by atoms with Gasteiger partial charge in [-0.25, -0.2) is 9.97 Å². The van der Waals surface area contributed by atoms with Gasteiger partial charge in [0.1, 0.15) is 16.6 Å². The van der Waals surface area contributed by atoms with Crippen LogP contribution in [-0.4, -0.2) is 59.8 Å². The van der Waals surface area contributed by atoms with Crippen molar-refractivity contribution in [3.05, 3.63) is 41.3 Å². The Hall–Kier alpha value is -2.28. The van der Waals surface area contributed by atoms with Crippen LogP contribution >= 0.6 is 11.8 Å². The highest BCUT2D eigenvalue weighted by atomic mass is 32.2. The van der Waals surface area contributed by atoms with Crippen molar-refractivity contribution in [3.8, 4) is 5.75 Å². The van der Waals surface area contributed by atoms with E-state index in [2.05, 4.69) is 34.8 Å². The lowest BCUT2D eigenvalue weighted by Crippen LogP contribution is -2.49. The summed E-state index contributed by atoms with van der Waals surface area (Å²) in [6, 6.07) is 8.09. The Morgan fingerprint density at radius 3 is 2.48 bits per heavy atom. The van der Waals surface area contributed by atoms with Crippen LogP contribution in [0.25, 0.3) is 0 Å². The Bertz CT molecular complexity index is 864. The number of rotatable bonds is 6. The number of piperazine rings is 1. The number of hydrogen-bond acceptors (Lipinski definition) is 6. The van der Waals surface area contributed by atoms with Crippen LogP contribution < -0.4 is 9.64 Å². The molecule has 1 aliphatic heterocycles. The van der Waals surface area contributed by atoms with Gasteiger partial charge in [-0.15, -0.1) is 11.8 Å². The van der Waals surface area contributed by atoms with Crippen molar-refractivity contribution in [2.75, 3.05) is 43.9 Å². The van der Waals surface area contributed by atoms with E-state index < -0.39 is 0 Å². The van der Waals surface area contributed by atoms with E-state index in [4.69, 9.17) is 4.74 Å². The number of carbonyl (C=O) groups excluding carboxylic acids is 1. The molecule has 1 saturated heterocycles. The van der Waals surface area contributed by atoms with Crippen molar-refractivity contribution in [1.29, 1.82) is 0 Å². The number of ether oxygens (including phenoxy) is 1. The molecule has 2 aromatic rings. The number of thioether (sulfide) groups is 1. The molecule has 2 heterocycles. The fraction of sp³-hybridized carbons (Fsp3) is 0.500. The molecule has 0 atom stereocenters. The quantitative estimate of drug-likeness (QED) is 0.526. The lowest BCUT2D eigenvalue weighted by atomic mass is 10.1. The van der Waals surface area contributed by atoms with Crippen LogP contribution in [0.4, 0.5) is 5.69 Å².